The third-order valence-electron chi connectivity index (χ3n) is 4.97. The molecule has 4 rings (SSSR count). The van der Waals surface area contributed by atoms with Crippen molar-refractivity contribution in [2.75, 3.05) is 30.8 Å². The lowest BCUT2D eigenvalue weighted by molar-refractivity contribution is 0.203. The Hall–Kier alpha value is -2.80. The Morgan fingerprint density at radius 2 is 2.08 bits per heavy atom. The summed E-state index contributed by atoms with van der Waals surface area (Å²) in [6.45, 7) is 2.62. The van der Waals surface area contributed by atoms with Gasteiger partial charge in [0.1, 0.15) is 11.6 Å². The predicted octanol–water partition coefficient (Wildman–Crippen LogP) is 2.10. The van der Waals surface area contributed by atoms with Gasteiger partial charge in [0.15, 0.2) is 5.82 Å². The molecule has 0 amide bonds. The zero-order valence-corrected chi connectivity index (χ0v) is 14.9. The predicted molar refractivity (Wildman–Crippen MR) is 103 cm³/mol. The van der Waals surface area contributed by atoms with Crippen LogP contribution in [0.5, 0.6) is 0 Å². The quantitative estimate of drug-likeness (QED) is 0.772. The molecule has 1 saturated heterocycles. The van der Waals surface area contributed by atoms with Gasteiger partial charge in [-0.1, -0.05) is 12.1 Å². The molecule has 1 fully saturated rings. The van der Waals surface area contributed by atoms with E-state index in [2.05, 4.69) is 37.0 Å². The van der Waals surface area contributed by atoms with Gasteiger partial charge >= 0.3 is 0 Å². The first-order valence-corrected chi connectivity index (χ1v) is 8.95. The third-order valence-corrected chi connectivity index (χ3v) is 4.97. The number of fused-ring (bicyclic) bond motifs is 1. The molecule has 0 spiro atoms. The van der Waals surface area contributed by atoms with Gasteiger partial charge in [0.2, 0.25) is 0 Å². The van der Waals surface area contributed by atoms with E-state index in [9.17, 15) is 0 Å². The molecule has 0 radical (unpaired) electrons. The van der Waals surface area contributed by atoms with Gasteiger partial charge in [-0.2, -0.15) is 5.10 Å². The number of nitrogen functional groups attached to an aromatic ring is 1. The molecule has 0 bridgehead atoms. The van der Waals surface area contributed by atoms with Crippen LogP contribution in [-0.4, -0.2) is 51.2 Å². The molecule has 134 valence electrons. The van der Waals surface area contributed by atoms with E-state index in [1.807, 2.05) is 36.4 Å². The van der Waals surface area contributed by atoms with Gasteiger partial charge in [-0.3, -0.25) is 4.90 Å². The standard InChI is InChI=1S/C19H23N7/c1-25(13-17-22-16-8-3-2-7-15(16)19(20)23-17)14-6-5-11-26(12-14)18-9-4-10-21-24-18/h2-4,7-10,14H,5-6,11-13H2,1H3,(H2,20,22,23)/t14-/m0/s1. The Labute approximate surface area is 152 Å². The minimum atomic E-state index is 0.419. The number of likely N-dealkylation sites (N-methyl/N-ethyl adjacent to an activating group) is 1. The van der Waals surface area contributed by atoms with Crippen molar-refractivity contribution in [3.63, 3.8) is 0 Å². The summed E-state index contributed by atoms with van der Waals surface area (Å²) in [6, 6.07) is 12.2. The number of hydrogen-bond donors (Lipinski definition) is 1. The van der Waals surface area contributed by atoms with E-state index in [4.69, 9.17) is 5.73 Å². The first-order valence-electron chi connectivity index (χ1n) is 8.95. The van der Waals surface area contributed by atoms with Gasteiger partial charge in [0, 0.05) is 30.7 Å². The molecule has 7 heteroatoms. The summed E-state index contributed by atoms with van der Waals surface area (Å²) in [4.78, 5) is 13.8. The first-order chi connectivity index (χ1) is 12.7. The van der Waals surface area contributed by atoms with E-state index in [0.29, 0.717) is 18.4 Å². The highest BCUT2D eigenvalue weighted by atomic mass is 15.3. The molecule has 2 aromatic heterocycles. The molecular formula is C19H23N7. The molecule has 3 heterocycles. The van der Waals surface area contributed by atoms with E-state index in [0.717, 1.165) is 48.5 Å². The Balaban J connectivity index is 1.48. The van der Waals surface area contributed by atoms with E-state index in [-0.39, 0.29) is 0 Å². The van der Waals surface area contributed by atoms with Crippen molar-refractivity contribution < 1.29 is 0 Å². The topological polar surface area (TPSA) is 84.1 Å². The lowest BCUT2D eigenvalue weighted by Crippen LogP contribution is -2.46. The van der Waals surface area contributed by atoms with Crippen LogP contribution in [0, 0.1) is 0 Å². The second-order valence-electron chi connectivity index (χ2n) is 6.78. The number of para-hydroxylation sites is 1. The van der Waals surface area contributed by atoms with Crippen molar-refractivity contribution in [1.29, 1.82) is 0 Å². The number of nitrogens with zero attached hydrogens (tertiary/aromatic N) is 6. The summed E-state index contributed by atoms with van der Waals surface area (Å²) in [6.07, 6.45) is 3.99. The van der Waals surface area contributed by atoms with Crippen LogP contribution in [0.3, 0.4) is 0 Å². The average molecular weight is 349 g/mol. The van der Waals surface area contributed by atoms with Crippen LogP contribution in [0.1, 0.15) is 18.7 Å². The monoisotopic (exact) mass is 349 g/mol. The number of nitrogens with two attached hydrogens (primary N) is 1. The minimum Gasteiger partial charge on any atom is -0.383 e. The van der Waals surface area contributed by atoms with E-state index < -0.39 is 0 Å². The van der Waals surface area contributed by atoms with E-state index in [1.165, 1.54) is 0 Å². The van der Waals surface area contributed by atoms with Gasteiger partial charge in [0.25, 0.3) is 0 Å². The maximum Gasteiger partial charge on any atom is 0.151 e. The van der Waals surface area contributed by atoms with Crippen LogP contribution >= 0.6 is 0 Å². The van der Waals surface area contributed by atoms with Gasteiger partial charge < -0.3 is 10.6 Å². The summed E-state index contributed by atoms with van der Waals surface area (Å²) in [5.41, 5.74) is 7.01. The molecule has 26 heavy (non-hydrogen) atoms. The van der Waals surface area contributed by atoms with Crippen LogP contribution in [0.25, 0.3) is 10.9 Å². The molecule has 0 aliphatic carbocycles. The highest BCUT2D eigenvalue weighted by Crippen LogP contribution is 2.22. The van der Waals surface area contributed by atoms with Gasteiger partial charge in [-0.15, -0.1) is 5.10 Å². The van der Waals surface area contributed by atoms with Crippen molar-refractivity contribution in [2.45, 2.75) is 25.4 Å². The van der Waals surface area contributed by atoms with Crippen molar-refractivity contribution >= 4 is 22.5 Å². The largest absolute Gasteiger partial charge is 0.383 e. The molecule has 3 aromatic rings. The first kappa shape index (κ1) is 16.7. The smallest absolute Gasteiger partial charge is 0.151 e. The zero-order chi connectivity index (χ0) is 17.9. The van der Waals surface area contributed by atoms with E-state index in [1.54, 1.807) is 6.20 Å². The van der Waals surface area contributed by atoms with E-state index >= 15 is 0 Å². The second kappa shape index (κ2) is 7.21. The van der Waals surface area contributed by atoms with Crippen LogP contribution in [0.2, 0.25) is 0 Å². The number of piperidine rings is 1. The Bertz CT molecular complexity index is 883. The summed E-state index contributed by atoms with van der Waals surface area (Å²) < 4.78 is 0. The highest BCUT2D eigenvalue weighted by molar-refractivity contribution is 5.87. The fourth-order valence-electron chi connectivity index (χ4n) is 3.56. The number of hydrogen-bond acceptors (Lipinski definition) is 7. The number of aromatic nitrogens is 4. The number of benzene rings is 1. The highest BCUT2D eigenvalue weighted by Gasteiger charge is 2.24. The summed E-state index contributed by atoms with van der Waals surface area (Å²) in [7, 11) is 2.12. The van der Waals surface area contributed by atoms with Crippen LogP contribution < -0.4 is 10.6 Å². The maximum absolute atomic E-state index is 6.12. The molecule has 1 aliphatic rings. The summed E-state index contributed by atoms with van der Waals surface area (Å²) >= 11 is 0. The molecule has 1 aromatic carbocycles. The molecule has 1 aliphatic heterocycles. The van der Waals surface area contributed by atoms with Crippen molar-refractivity contribution in [1.82, 2.24) is 25.1 Å². The fourth-order valence-corrected chi connectivity index (χ4v) is 3.56. The lowest BCUT2D eigenvalue weighted by atomic mass is 10.0. The number of anilines is 2. The Kier molecular flexibility index (Phi) is 4.62. The summed E-state index contributed by atoms with van der Waals surface area (Å²) in [5, 5.41) is 9.15. The minimum absolute atomic E-state index is 0.419. The van der Waals surface area contributed by atoms with Crippen molar-refractivity contribution in [3.8, 4) is 0 Å². The van der Waals surface area contributed by atoms with Gasteiger partial charge in [-0.25, -0.2) is 9.97 Å². The molecule has 7 nitrogen and oxygen atoms in total. The molecule has 1 atom stereocenters. The molecular weight excluding hydrogens is 326 g/mol. The van der Waals surface area contributed by atoms with Gasteiger partial charge in [-0.05, 0) is 44.2 Å². The average Bonchev–Trinajstić information content (AvgIpc) is 2.69. The second-order valence-corrected chi connectivity index (χ2v) is 6.78. The Morgan fingerprint density at radius 3 is 2.92 bits per heavy atom. The van der Waals surface area contributed by atoms with Crippen LogP contribution in [-0.2, 0) is 6.54 Å². The fraction of sp³-hybridized carbons (Fsp3) is 0.368. The van der Waals surface area contributed by atoms with Crippen LogP contribution in [0.15, 0.2) is 42.6 Å². The van der Waals surface area contributed by atoms with Crippen molar-refractivity contribution in [2.24, 2.45) is 0 Å². The third kappa shape index (κ3) is 3.43. The SMILES string of the molecule is CN(Cc1nc(N)c2ccccc2n1)[C@H]1CCCN(c2cccnn2)C1. The molecule has 0 unspecified atom stereocenters. The van der Waals surface area contributed by atoms with Gasteiger partial charge in [0.05, 0.1) is 12.1 Å². The normalized spacial score (nSPS) is 17.8. The number of rotatable bonds is 4. The Morgan fingerprint density at radius 1 is 1.19 bits per heavy atom. The molecule has 2 N–H and O–H groups in total. The molecule has 0 saturated carbocycles. The summed E-state index contributed by atoms with van der Waals surface area (Å²) in [5.74, 6) is 2.25. The zero-order valence-electron chi connectivity index (χ0n) is 14.9. The van der Waals surface area contributed by atoms with Crippen molar-refractivity contribution in [3.05, 3.63) is 48.4 Å². The van der Waals surface area contributed by atoms with Crippen LogP contribution in [0.4, 0.5) is 11.6 Å². The lowest BCUT2D eigenvalue weighted by Gasteiger charge is -2.37. The maximum atomic E-state index is 6.12.